The summed E-state index contributed by atoms with van der Waals surface area (Å²) in [5, 5.41) is 3.25. The SMILES string of the molecule is CNC(CSCCS(C)(=O)=O)c1ccccc1. The molecule has 0 saturated carbocycles. The molecule has 0 spiro atoms. The Morgan fingerprint density at radius 2 is 1.94 bits per heavy atom. The molecule has 1 aromatic carbocycles. The van der Waals surface area contributed by atoms with Gasteiger partial charge >= 0.3 is 0 Å². The van der Waals surface area contributed by atoms with E-state index in [4.69, 9.17) is 0 Å². The fraction of sp³-hybridized carbons (Fsp3) is 0.500. The van der Waals surface area contributed by atoms with Crippen molar-refractivity contribution in [2.75, 3.05) is 30.6 Å². The van der Waals surface area contributed by atoms with Crippen LogP contribution in [0.2, 0.25) is 0 Å². The van der Waals surface area contributed by atoms with Crippen LogP contribution in [0.4, 0.5) is 0 Å². The molecule has 0 aromatic heterocycles. The minimum absolute atomic E-state index is 0.253. The molecule has 0 bridgehead atoms. The van der Waals surface area contributed by atoms with Gasteiger partial charge in [-0.25, -0.2) is 8.42 Å². The maximum absolute atomic E-state index is 11.0. The molecule has 0 saturated heterocycles. The molecule has 0 aliphatic carbocycles. The molecule has 1 aromatic rings. The van der Waals surface area contributed by atoms with Crippen molar-refractivity contribution in [1.82, 2.24) is 5.32 Å². The van der Waals surface area contributed by atoms with Gasteiger partial charge in [-0.2, -0.15) is 11.8 Å². The molecule has 0 aliphatic heterocycles. The number of sulfone groups is 1. The number of hydrogen-bond acceptors (Lipinski definition) is 4. The Morgan fingerprint density at radius 1 is 1.29 bits per heavy atom. The highest BCUT2D eigenvalue weighted by Crippen LogP contribution is 2.17. The average molecular weight is 273 g/mol. The van der Waals surface area contributed by atoms with Crippen LogP contribution < -0.4 is 5.32 Å². The third-order valence-corrected chi connectivity index (χ3v) is 4.70. The van der Waals surface area contributed by atoms with E-state index >= 15 is 0 Å². The van der Waals surface area contributed by atoms with E-state index < -0.39 is 9.84 Å². The van der Waals surface area contributed by atoms with Crippen LogP contribution in [0.3, 0.4) is 0 Å². The second-order valence-electron chi connectivity index (χ2n) is 3.96. The van der Waals surface area contributed by atoms with Crippen LogP contribution in [-0.4, -0.2) is 39.0 Å². The summed E-state index contributed by atoms with van der Waals surface area (Å²) in [7, 11) is -0.909. The van der Waals surface area contributed by atoms with Crippen molar-refractivity contribution < 1.29 is 8.42 Å². The molecule has 17 heavy (non-hydrogen) atoms. The van der Waals surface area contributed by atoms with Gasteiger partial charge in [-0.05, 0) is 12.6 Å². The third-order valence-electron chi connectivity index (χ3n) is 2.43. The van der Waals surface area contributed by atoms with Crippen LogP contribution in [0.25, 0.3) is 0 Å². The molecule has 5 heteroatoms. The summed E-state index contributed by atoms with van der Waals surface area (Å²) in [5.41, 5.74) is 1.24. The Morgan fingerprint density at radius 3 is 2.47 bits per heavy atom. The highest BCUT2D eigenvalue weighted by Gasteiger charge is 2.09. The fourth-order valence-electron chi connectivity index (χ4n) is 1.44. The van der Waals surface area contributed by atoms with E-state index in [1.807, 2.05) is 25.2 Å². The number of rotatable bonds is 7. The van der Waals surface area contributed by atoms with Gasteiger partial charge in [0, 0.05) is 23.8 Å². The summed E-state index contributed by atoms with van der Waals surface area (Å²) < 4.78 is 22.0. The molecule has 3 nitrogen and oxygen atoms in total. The van der Waals surface area contributed by atoms with Gasteiger partial charge in [0.1, 0.15) is 9.84 Å². The summed E-state index contributed by atoms with van der Waals surface area (Å²) in [4.78, 5) is 0. The summed E-state index contributed by atoms with van der Waals surface area (Å²) in [6, 6.07) is 10.5. The first-order valence-corrected chi connectivity index (χ1v) is 8.72. The first-order valence-electron chi connectivity index (χ1n) is 5.50. The van der Waals surface area contributed by atoms with Crippen molar-refractivity contribution >= 4 is 21.6 Å². The molecule has 1 rings (SSSR count). The van der Waals surface area contributed by atoms with Gasteiger partial charge < -0.3 is 5.32 Å². The third kappa shape index (κ3) is 6.10. The van der Waals surface area contributed by atoms with Crippen LogP contribution in [0.15, 0.2) is 30.3 Å². The van der Waals surface area contributed by atoms with Crippen molar-refractivity contribution in [2.45, 2.75) is 6.04 Å². The number of hydrogen-bond donors (Lipinski definition) is 1. The average Bonchev–Trinajstić information content (AvgIpc) is 2.29. The van der Waals surface area contributed by atoms with Gasteiger partial charge in [0.2, 0.25) is 0 Å². The highest BCUT2D eigenvalue weighted by molar-refractivity contribution is 8.00. The Bertz CT molecular complexity index is 417. The van der Waals surface area contributed by atoms with Crippen LogP contribution >= 0.6 is 11.8 Å². The number of nitrogens with one attached hydrogen (secondary N) is 1. The summed E-state index contributed by atoms with van der Waals surface area (Å²) >= 11 is 1.67. The normalized spacial score (nSPS) is 13.5. The molecule has 0 fully saturated rings. The van der Waals surface area contributed by atoms with Crippen LogP contribution in [0.5, 0.6) is 0 Å². The standard InChI is InChI=1S/C12H19NO2S2/c1-13-12(11-6-4-3-5-7-11)10-16-8-9-17(2,14)15/h3-7,12-13H,8-10H2,1-2H3. The number of benzene rings is 1. The van der Waals surface area contributed by atoms with Crippen molar-refractivity contribution in [2.24, 2.45) is 0 Å². The Balaban J connectivity index is 2.39. The monoisotopic (exact) mass is 273 g/mol. The lowest BCUT2D eigenvalue weighted by molar-refractivity contribution is 0.603. The van der Waals surface area contributed by atoms with E-state index in [1.165, 1.54) is 11.8 Å². The molecule has 1 N–H and O–H groups in total. The Labute approximate surface area is 108 Å². The first kappa shape index (κ1) is 14.5. The summed E-state index contributed by atoms with van der Waals surface area (Å²) in [5.74, 6) is 1.79. The van der Waals surface area contributed by atoms with E-state index in [0.717, 1.165) is 5.75 Å². The zero-order chi connectivity index (χ0) is 12.7. The van der Waals surface area contributed by atoms with Crippen molar-refractivity contribution in [3.8, 4) is 0 Å². The van der Waals surface area contributed by atoms with Crippen LogP contribution in [0.1, 0.15) is 11.6 Å². The first-order chi connectivity index (χ1) is 8.03. The van der Waals surface area contributed by atoms with Gasteiger partial charge in [-0.1, -0.05) is 30.3 Å². The molecule has 0 aliphatic rings. The maximum atomic E-state index is 11.0. The lowest BCUT2D eigenvalue weighted by atomic mass is 10.1. The van der Waals surface area contributed by atoms with Crippen LogP contribution in [0, 0.1) is 0 Å². The van der Waals surface area contributed by atoms with Gasteiger partial charge in [0.05, 0.1) is 5.75 Å². The van der Waals surface area contributed by atoms with Gasteiger partial charge in [0.25, 0.3) is 0 Å². The minimum atomic E-state index is -2.83. The molecule has 1 atom stereocenters. The number of thioether (sulfide) groups is 1. The molecule has 0 heterocycles. The van der Waals surface area contributed by atoms with Crippen molar-refractivity contribution in [3.63, 3.8) is 0 Å². The summed E-state index contributed by atoms with van der Waals surface area (Å²) in [6.45, 7) is 0. The molecule has 1 unspecified atom stereocenters. The molecular weight excluding hydrogens is 254 g/mol. The largest absolute Gasteiger partial charge is 0.312 e. The molecular formula is C12H19NO2S2. The van der Waals surface area contributed by atoms with E-state index in [0.29, 0.717) is 5.75 Å². The van der Waals surface area contributed by atoms with E-state index in [2.05, 4.69) is 17.4 Å². The zero-order valence-corrected chi connectivity index (χ0v) is 11.9. The van der Waals surface area contributed by atoms with E-state index in [9.17, 15) is 8.42 Å². The quantitative estimate of drug-likeness (QED) is 0.769. The second kappa shape index (κ2) is 7.03. The topological polar surface area (TPSA) is 46.2 Å². The fourth-order valence-corrected chi connectivity index (χ4v) is 3.89. The van der Waals surface area contributed by atoms with E-state index in [1.54, 1.807) is 11.8 Å². The lowest BCUT2D eigenvalue weighted by Crippen LogP contribution is -2.19. The molecule has 96 valence electrons. The highest BCUT2D eigenvalue weighted by atomic mass is 32.2. The predicted octanol–water partition coefficient (Wildman–Crippen LogP) is 1.72. The van der Waals surface area contributed by atoms with Crippen molar-refractivity contribution in [1.29, 1.82) is 0 Å². The molecule has 0 radical (unpaired) electrons. The maximum Gasteiger partial charge on any atom is 0.148 e. The summed E-state index contributed by atoms with van der Waals surface area (Å²) in [6.07, 6.45) is 1.28. The van der Waals surface area contributed by atoms with Gasteiger partial charge in [-0.3, -0.25) is 0 Å². The molecule has 0 amide bonds. The smallest absolute Gasteiger partial charge is 0.148 e. The Hall–Kier alpha value is -0.520. The lowest BCUT2D eigenvalue weighted by Gasteiger charge is -2.15. The second-order valence-corrected chi connectivity index (χ2v) is 7.37. The van der Waals surface area contributed by atoms with Crippen molar-refractivity contribution in [3.05, 3.63) is 35.9 Å². The Kier molecular flexibility index (Phi) is 6.02. The van der Waals surface area contributed by atoms with Gasteiger partial charge in [-0.15, -0.1) is 0 Å². The minimum Gasteiger partial charge on any atom is -0.312 e. The van der Waals surface area contributed by atoms with E-state index in [-0.39, 0.29) is 11.8 Å². The predicted molar refractivity (Wildman–Crippen MR) is 75.3 cm³/mol. The zero-order valence-electron chi connectivity index (χ0n) is 10.2. The van der Waals surface area contributed by atoms with Crippen LogP contribution in [-0.2, 0) is 9.84 Å². The van der Waals surface area contributed by atoms with Gasteiger partial charge in [0.15, 0.2) is 0 Å².